The number of nitrogens with zero attached hydrogens (tertiary/aromatic N) is 4. The zero-order chi connectivity index (χ0) is 21.5. The fourth-order valence-corrected chi connectivity index (χ4v) is 6.63. The topological polar surface area (TPSA) is 124 Å². The molecule has 31 heavy (non-hydrogen) atoms. The Hall–Kier alpha value is -1.90. The fourth-order valence-electron chi connectivity index (χ4n) is 3.88. The number of rotatable bonds is 4. The Morgan fingerprint density at radius 1 is 1.06 bits per heavy atom. The normalized spacial score (nSPS) is 22.3. The lowest BCUT2D eigenvalue weighted by atomic mass is 10.1. The van der Waals surface area contributed by atoms with Crippen molar-refractivity contribution in [3.8, 4) is 11.4 Å². The smallest absolute Gasteiger partial charge is 0.316 e. The summed E-state index contributed by atoms with van der Waals surface area (Å²) in [5, 5.41) is 5.51. The molecule has 0 bridgehead atoms. The Kier molecular flexibility index (Phi) is 5.56. The number of amides is 1. The maximum atomic E-state index is 13.1. The molecule has 5 rings (SSSR count). The van der Waals surface area contributed by atoms with Gasteiger partial charge in [0.1, 0.15) is 4.21 Å². The Bertz CT molecular complexity index is 1040. The van der Waals surface area contributed by atoms with Crippen molar-refractivity contribution in [2.45, 2.75) is 22.8 Å². The molecule has 0 aliphatic carbocycles. The highest BCUT2D eigenvalue weighted by Crippen LogP contribution is 2.35. The molecule has 0 atom stereocenters. The largest absolute Gasteiger partial charge is 0.378 e. The SMILES string of the molecule is O=C(c1nc(-c2csc(S(=O)(=O)N3CCC4(CC3)OCCO4)c2)no1)N1CCOCC1. The first-order valence-corrected chi connectivity index (χ1v) is 12.4. The minimum Gasteiger partial charge on any atom is -0.378 e. The van der Waals surface area contributed by atoms with E-state index in [-0.39, 0.29) is 21.8 Å². The molecule has 3 fully saturated rings. The third kappa shape index (κ3) is 4.01. The first-order valence-electron chi connectivity index (χ1n) is 10.0. The molecule has 3 saturated heterocycles. The van der Waals surface area contributed by atoms with Crippen LogP contribution in [0.1, 0.15) is 23.5 Å². The number of hydrogen-bond acceptors (Lipinski definition) is 10. The summed E-state index contributed by atoms with van der Waals surface area (Å²) in [5.74, 6) is -0.936. The molecule has 11 nitrogen and oxygen atoms in total. The number of ether oxygens (including phenoxy) is 3. The third-order valence-electron chi connectivity index (χ3n) is 5.63. The van der Waals surface area contributed by atoms with Crippen LogP contribution in [-0.4, -0.2) is 92.1 Å². The van der Waals surface area contributed by atoms with Gasteiger partial charge in [-0.3, -0.25) is 4.79 Å². The monoisotopic (exact) mass is 470 g/mol. The summed E-state index contributed by atoms with van der Waals surface area (Å²) in [6.45, 7) is 3.60. The zero-order valence-corrected chi connectivity index (χ0v) is 18.3. The number of hydrogen-bond donors (Lipinski definition) is 0. The number of thiophene rings is 1. The van der Waals surface area contributed by atoms with Crippen LogP contribution in [0.3, 0.4) is 0 Å². The summed E-state index contributed by atoms with van der Waals surface area (Å²) in [5.41, 5.74) is 0.490. The van der Waals surface area contributed by atoms with Gasteiger partial charge in [-0.1, -0.05) is 5.16 Å². The second-order valence-corrected chi connectivity index (χ2v) is 10.6. The van der Waals surface area contributed by atoms with Crippen molar-refractivity contribution in [2.24, 2.45) is 0 Å². The van der Waals surface area contributed by atoms with Gasteiger partial charge >= 0.3 is 11.8 Å². The highest BCUT2D eigenvalue weighted by Gasteiger charge is 2.43. The number of carbonyl (C=O) groups is 1. The Morgan fingerprint density at radius 3 is 2.48 bits per heavy atom. The molecule has 1 amide bonds. The van der Waals surface area contributed by atoms with Gasteiger partial charge < -0.3 is 23.6 Å². The van der Waals surface area contributed by atoms with E-state index in [0.29, 0.717) is 71.0 Å². The number of carbonyl (C=O) groups excluding carboxylic acids is 1. The third-order valence-corrected chi connectivity index (χ3v) is 8.95. The second-order valence-electron chi connectivity index (χ2n) is 7.49. The van der Waals surface area contributed by atoms with Crippen LogP contribution in [0.25, 0.3) is 11.4 Å². The van der Waals surface area contributed by atoms with Crippen molar-refractivity contribution < 1.29 is 31.9 Å². The van der Waals surface area contributed by atoms with Gasteiger partial charge in [0.25, 0.3) is 10.0 Å². The molecule has 5 heterocycles. The van der Waals surface area contributed by atoms with Gasteiger partial charge in [-0.2, -0.15) is 9.29 Å². The van der Waals surface area contributed by atoms with E-state index in [2.05, 4.69) is 10.1 Å². The predicted molar refractivity (Wildman–Crippen MR) is 107 cm³/mol. The fraction of sp³-hybridized carbons (Fsp3) is 0.611. The van der Waals surface area contributed by atoms with Crippen molar-refractivity contribution >= 4 is 27.3 Å². The molecule has 2 aromatic rings. The van der Waals surface area contributed by atoms with Gasteiger partial charge in [0.05, 0.1) is 26.4 Å². The number of sulfonamides is 1. The highest BCUT2D eigenvalue weighted by molar-refractivity contribution is 7.91. The molecule has 0 N–H and O–H groups in total. The van der Waals surface area contributed by atoms with E-state index >= 15 is 0 Å². The lowest BCUT2D eigenvalue weighted by molar-refractivity contribution is -0.179. The average Bonchev–Trinajstić information content (AvgIpc) is 3.55. The lowest BCUT2D eigenvalue weighted by Gasteiger charge is -2.36. The van der Waals surface area contributed by atoms with E-state index in [1.807, 2.05) is 0 Å². The first-order chi connectivity index (χ1) is 15.0. The van der Waals surface area contributed by atoms with E-state index in [0.717, 1.165) is 11.3 Å². The van der Waals surface area contributed by atoms with Gasteiger partial charge in [-0.05, 0) is 6.07 Å². The summed E-state index contributed by atoms with van der Waals surface area (Å²) in [4.78, 5) is 18.2. The van der Waals surface area contributed by atoms with Gasteiger partial charge in [-0.25, -0.2) is 8.42 Å². The maximum absolute atomic E-state index is 13.1. The lowest BCUT2D eigenvalue weighted by Crippen LogP contribution is -2.47. The summed E-state index contributed by atoms with van der Waals surface area (Å²) in [7, 11) is -3.66. The minimum atomic E-state index is -3.66. The predicted octanol–water partition coefficient (Wildman–Crippen LogP) is 0.798. The molecule has 2 aromatic heterocycles. The van der Waals surface area contributed by atoms with E-state index in [1.54, 1.807) is 10.3 Å². The van der Waals surface area contributed by atoms with Crippen molar-refractivity contribution in [1.82, 2.24) is 19.3 Å². The molecule has 168 valence electrons. The zero-order valence-electron chi connectivity index (χ0n) is 16.7. The van der Waals surface area contributed by atoms with Crippen LogP contribution in [0.2, 0.25) is 0 Å². The second kappa shape index (κ2) is 8.22. The molecular weight excluding hydrogens is 448 g/mol. The molecule has 0 radical (unpaired) electrons. The molecule has 0 unspecified atom stereocenters. The van der Waals surface area contributed by atoms with E-state index in [4.69, 9.17) is 18.7 Å². The average molecular weight is 471 g/mol. The minimum absolute atomic E-state index is 0.120. The van der Waals surface area contributed by atoms with Crippen molar-refractivity contribution in [1.29, 1.82) is 0 Å². The summed E-state index contributed by atoms with van der Waals surface area (Å²) < 4.78 is 49.5. The molecule has 3 aliphatic rings. The van der Waals surface area contributed by atoms with Gasteiger partial charge in [0.2, 0.25) is 5.82 Å². The number of morpholine rings is 1. The molecule has 1 spiro atoms. The molecular formula is C18H22N4O7S2. The Balaban J connectivity index is 1.28. The molecule has 0 saturated carbocycles. The van der Waals surface area contributed by atoms with Crippen LogP contribution in [0, 0.1) is 0 Å². The quantitative estimate of drug-likeness (QED) is 0.638. The van der Waals surface area contributed by atoms with Crippen LogP contribution in [-0.2, 0) is 24.2 Å². The van der Waals surface area contributed by atoms with Crippen LogP contribution in [0.4, 0.5) is 0 Å². The standard InChI is InChI=1S/C18H22N4O7S2/c23-17(21-5-7-26-8-6-21)16-19-15(20-29-16)13-11-14(30-12-13)31(24,25)22-3-1-18(2-4-22)27-9-10-28-18/h11-12H,1-10H2. The molecule has 3 aliphatic heterocycles. The number of piperidine rings is 1. The maximum Gasteiger partial charge on any atom is 0.316 e. The van der Waals surface area contributed by atoms with E-state index in [1.165, 1.54) is 10.4 Å². The van der Waals surface area contributed by atoms with Gasteiger partial charge in [-0.15, -0.1) is 11.3 Å². The summed E-state index contributed by atoms with van der Waals surface area (Å²) in [6.07, 6.45) is 1.00. The first kappa shape index (κ1) is 21.0. The molecule has 13 heteroatoms. The van der Waals surface area contributed by atoms with E-state index in [9.17, 15) is 13.2 Å². The van der Waals surface area contributed by atoms with Crippen LogP contribution < -0.4 is 0 Å². The van der Waals surface area contributed by atoms with E-state index < -0.39 is 15.8 Å². The van der Waals surface area contributed by atoms with Crippen LogP contribution in [0.15, 0.2) is 20.2 Å². The molecule has 0 aromatic carbocycles. The van der Waals surface area contributed by atoms with Gasteiger partial charge in [0, 0.05) is 50.0 Å². The van der Waals surface area contributed by atoms with Crippen molar-refractivity contribution in [3.63, 3.8) is 0 Å². The Labute approximate surface area is 182 Å². The highest BCUT2D eigenvalue weighted by atomic mass is 32.2. The Morgan fingerprint density at radius 2 is 1.77 bits per heavy atom. The van der Waals surface area contributed by atoms with Crippen LogP contribution >= 0.6 is 11.3 Å². The van der Waals surface area contributed by atoms with Crippen molar-refractivity contribution in [2.75, 3.05) is 52.6 Å². The number of aromatic nitrogens is 2. The summed E-state index contributed by atoms with van der Waals surface area (Å²) in [6, 6.07) is 1.51. The van der Waals surface area contributed by atoms with Crippen LogP contribution in [0.5, 0.6) is 0 Å². The van der Waals surface area contributed by atoms with Crippen molar-refractivity contribution in [3.05, 3.63) is 17.3 Å². The van der Waals surface area contributed by atoms with Gasteiger partial charge in [0.15, 0.2) is 5.79 Å². The summed E-state index contributed by atoms with van der Waals surface area (Å²) >= 11 is 1.09.